The van der Waals surface area contributed by atoms with E-state index in [0.717, 1.165) is 5.56 Å². The van der Waals surface area contributed by atoms with Crippen molar-refractivity contribution in [1.82, 2.24) is 5.32 Å². The van der Waals surface area contributed by atoms with E-state index in [0.29, 0.717) is 23.9 Å². The molecular weight excluding hydrogens is 234 g/mol. The van der Waals surface area contributed by atoms with Gasteiger partial charge in [0.1, 0.15) is 0 Å². The minimum atomic E-state index is 0.0420. The zero-order valence-electron chi connectivity index (χ0n) is 10.1. The zero-order chi connectivity index (χ0) is 12.7. The Balaban J connectivity index is 2.39. The van der Waals surface area contributed by atoms with E-state index in [1.54, 1.807) is 12.1 Å². The van der Waals surface area contributed by atoms with E-state index in [4.69, 9.17) is 11.6 Å². The van der Waals surface area contributed by atoms with Crippen molar-refractivity contribution in [2.24, 2.45) is 5.92 Å². The number of nitrogens with one attached hydrogen (secondary N) is 1. The Morgan fingerprint density at radius 1 is 1.47 bits per heavy atom. The van der Waals surface area contributed by atoms with Crippen molar-refractivity contribution in [3.63, 3.8) is 0 Å². The van der Waals surface area contributed by atoms with Gasteiger partial charge in [0, 0.05) is 17.0 Å². The van der Waals surface area contributed by atoms with Gasteiger partial charge in [0.2, 0.25) is 5.91 Å². The largest absolute Gasteiger partial charge is 0.345 e. The van der Waals surface area contributed by atoms with Crippen LogP contribution in [0, 0.1) is 17.8 Å². The van der Waals surface area contributed by atoms with Crippen LogP contribution in [0.1, 0.15) is 25.8 Å². The maximum Gasteiger partial charge on any atom is 0.221 e. The molecule has 0 spiro atoms. The lowest BCUT2D eigenvalue weighted by Crippen LogP contribution is -2.24. The fraction of sp³-hybridized carbons (Fsp3) is 0.357. The third-order valence-corrected chi connectivity index (χ3v) is 2.26. The Morgan fingerprint density at radius 2 is 2.24 bits per heavy atom. The third-order valence-electron chi connectivity index (χ3n) is 2.02. The van der Waals surface area contributed by atoms with Gasteiger partial charge in [0.15, 0.2) is 0 Å². The lowest BCUT2D eigenvalue weighted by molar-refractivity contribution is -0.121. The number of carbonyl (C=O) groups is 1. The molecule has 1 rings (SSSR count). The molecule has 0 bridgehead atoms. The Morgan fingerprint density at radius 3 is 2.88 bits per heavy atom. The second-order valence-corrected chi connectivity index (χ2v) is 4.62. The summed E-state index contributed by atoms with van der Waals surface area (Å²) < 4.78 is 0. The lowest BCUT2D eigenvalue weighted by Gasteiger charge is -2.03. The molecule has 90 valence electrons. The molecule has 1 amide bonds. The molecule has 0 aliphatic heterocycles. The summed E-state index contributed by atoms with van der Waals surface area (Å²) in [7, 11) is 0. The molecule has 0 aromatic heterocycles. The molecule has 0 atom stereocenters. The van der Waals surface area contributed by atoms with Crippen LogP contribution in [0.5, 0.6) is 0 Å². The van der Waals surface area contributed by atoms with Gasteiger partial charge in [-0.2, -0.15) is 0 Å². The van der Waals surface area contributed by atoms with Gasteiger partial charge in [-0.3, -0.25) is 4.79 Å². The number of amides is 1. The van der Waals surface area contributed by atoms with Gasteiger partial charge in [-0.1, -0.05) is 43.4 Å². The molecule has 0 unspecified atom stereocenters. The van der Waals surface area contributed by atoms with Crippen LogP contribution in [0.2, 0.25) is 5.02 Å². The summed E-state index contributed by atoms with van der Waals surface area (Å²) in [6.45, 7) is 4.40. The number of carbonyl (C=O) groups excluding carboxylic acids is 1. The summed E-state index contributed by atoms with van der Waals surface area (Å²) in [4.78, 5) is 11.3. The van der Waals surface area contributed by atoms with Crippen LogP contribution in [0.3, 0.4) is 0 Å². The normalized spacial score (nSPS) is 9.65. The van der Waals surface area contributed by atoms with Crippen LogP contribution in [-0.2, 0) is 4.79 Å². The Hall–Kier alpha value is -1.46. The summed E-state index contributed by atoms with van der Waals surface area (Å²) in [5, 5.41) is 3.42. The van der Waals surface area contributed by atoms with E-state index in [1.807, 2.05) is 26.0 Å². The second-order valence-electron chi connectivity index (χ2n) is 4.19. The first-order valence-corrected chi connectivity index (χ1v) is 5.97. The van der Waals surface area contributed by atoms with Gasteiger partial charge in [-0.25, -0.2) is 0 Å². The summed E-state index contributed by atoms with van der Waals surface area (Å²) >= 11 is 5.83. The van der Waals surface area contributed by atoms with Gasteiger partial charge in [0.05, 0.1) is 6.54 Å². The highest BCUT2D eigenvalue weighted by Gasteiger charge is 2.01. The van der Waals surface area contributed by atoms with Crippen molar-refractivity contribution in [3.05, 3.63) is 34.9 Å². The van der Waals surface area contributed by atoms with Crippen LogP contribution < -0.4 is 5.32 Å². The smallest absolute Gasteiger partial charge is 0.221 e. The van der Waals surface area contributed by atoms with Gasteiger partial charge in [0.25, 0.3) is 0 Å². The number of hydrogen-bond acceptors (Lipinski definition) is 1. The van der Waals surface area contributed by atoms with Gasteiger partial charge in [-0.15, -0.1) is 0 Å². The molecular formula is C14H16ClNO. The Bertz CT molecular complexity index is 443. The first kappa shape index (κ1) is 13.6. The molecule has 0 fully saturated rings. The predicted molar refractivity (Wildman–Crippen MR) is 70.8 cm³/mol. The van der Waals surface area contributed by atoms with Crippen LogP contribution in [0.4, 0.5) is 0 Å². The second kappa shape index (κ2) is 6.98. The predicted octanol–water partition coefficient (Wildman–Crippen LogP) is 2.85. The molecule has 2 nitrogen and oxygen atoms in total. The van der Waals surface area contributed by atoms with Gasteiger partial charge < -0.3 is 5.32 Å². The van der Waals surface area contributed by atoms with Crippen LogP contribution in [0.15, 0.2) is 24.3 Å². The Labute approximate surface area is 107 Å². The number of benzene rings is 1. The van der Waals surface area contributed by atoms with E-state index < -0.39 is 0 Å². The molecule has 1 N–H and O–H groups in total. The molecule has 0 radical (unpaired) electrons. The maximum atomic E-state index is 11.3. The van der Waals surface area contributed by atoms with Crippen molar-refractivity contribution in [1.29, 1.82) is 0 Å². The molecule has 3 heteroatoms. The van der Waals surface area contributed by atoms with E-state index in [2.05, 4.69) is 17.2 Å². The SMILES string of the molecule is CC(C)CC(=O)NCC#Cc1cccc(Cl)c1. The lowest BCUT2D eigenvalue weighted by atomic mass is 10.1. The van der Waals surface area contributed by atoms with Crippen molar-refractivity contribution in [2.75, 3.05) is 6.54 Å². The van der Waals surface area contributed by atoms with Gasteiger partial charge in [-0.05, 0) is 24.1 Å². The molecule has 0 aliphatic rings. The third kappa shape index (κ3) is 5.99. The van der Waals surface area contributed by atoms with E-state index in [-0.39, 0.29) is 5.91 Å². The molecule has 0 saturated heterocycles. The average Bonchev–Trinajstić information content (AvgIpc) is 2.23. The number of rotatable bonds is 3. The minimum absolute atomic E-state index is 0.0420. The maximum absolute atomic E-state index is 11.3. The monoisotopic (exact) mass is 249 g/mol. The molecule has 0 aliphatic carbocycles. The quantitative estimate of drug-likeness (QED) is 0.820. The standard InChI is InChI=1S/C14H16ClNO/c1-11(2)9-14(17)16-8-4-6-12-5-3-7-13(15)10-12/h3,5,7,10-11H,8-9H2,1-2H3,(H,16,17). The minimum Gasteiger partial charge on any atom is -0.345 e. The molecule has 1 aromatic carbocycles. The summed E-state index contributed by atoms with van der Waals surface area (Å²) in [6.07, 6.45) is 0.541. The van der Waals surface area contributed by atoms with Crippen molar-refractivity contribution >= 4 is 17.5 Å². The first-order chi connectivity index (χ1) is 8.08. The van der Waals surface area contributed by atoms with Crippen molar-refractivity contribution in [2.45, 2.75) is 20.3 Å². The number of halogens is 1. The highest BCUT2D eigenvalue weighted by Crippen LogP contribution is 2.09. The topological polar surface area (TPSA) is 29.1 Å². The molecule has 1 aromatic rings. The summed E-state index contributed by atoms with van der Waals surface area (Å²) in [6, 6.07) is 7.33. The fourth-order valence-corrected chi connectivity index (χ4v) is 1.49. The highest BCUT2D eigenvalue weighted by atomic mass is 35.5. The van der Waals surface area contributed by atoms with Crippen molar-refractivity contribution in [3.8, 4) is 11.8 Å². The Kier molecular flexibility index (Phi) is 5.59. The van der Waals surface area contributed by atoms with E-state index >= 15 is 0 Å². The van der Waals surface area contributed by atoms with Crippen LogP contribution in [-0.4, -0.2) is 12.5 Å². The van der Waals surface area contributed by atoms with E-state index in [9.17, 15) is 4.79 Å². The van der Waals surface area contributed by atoms with Crippen molar-refractivity contribution < 1.29 is 4.79 Å². The zero-order valence-corrected chi connectivity index (χ0v) is 10.8. The molecule has 0 heterocycles. The molecule has 17 heavy (non-hydrogen) atoms. The first-order valence-electron chi connectivity index (χ1n) is 5.59. The summed E-state index contributed by atoms with van der Waals surface area (Å²) in [5.74, 6) is 6.25. The van der Waals surface area contributed by atoms with Crippen LogP contribution >= 0.6 is 11.6 Å². The number of hydrogen-bond donors (Lipinski definition) is 1. The molecule has 0 saturated carbocycles. The van der Waals surface area contributed by atoms with Gasteiger partial charge >= 0.3 is 0 Å². The average molecular weight is 250 g/mol. The summed E-state index contributed by atoms with van der Waals surface area (Å²) in [5.41, 5.74) is 0.857. The van der Waals surface area contributed by atoms with Crippen LogP contribution in [0.25, 0.3) is 0 Å². The highest BCUT2D eigenvalue weighted by molar-refractivity contribution is 6.30. The van der Waals surface area contributed by atoms with E-state index in [1.165, 1.54) is 0 Å². The fourth-order valence-electron chi connectivity index (χ4n) is 1.30.